The molecular formula is C9H10N4O. The van der Waals surface area contributed by atoms with Crippen molar-refractivity contribution in [2.24, 2.45) is 12.8 Å². The maximum Gasteiger partial charge on any atom is 0.284 e. The number of carbonyl (C=O) groups excluding carboxylic acids is 1. The van der Waals surface area contributed by atoms with Crippen molar-refractivity contribution >= 4 is 17.1 Å². The second kappa shape index (κ2) is 2.80. The van der Waals surface area contributed by atoms with Gasteiger partial charge >= 0.3 is 0 Å². The number of hydrogen-bond donors (Lipinski definition) is 1. The summed E-state index contributed by atoms with van der Waals surface area (Å²) < 4.78 is 1.60. The maximum atomic E-state index is 11.0. The summed E-state index contributed by atoms with van der Waals surface area (Å²) in [4.78, 5) is 19.3. The van der Waals surface area contributed by atoms with Gasteiger partial charge in [-0.05, 0) is 19.1 Å². The molecule has 0 aromatic carbocycles. The Bertz CT molecular complexity index is 515. The molecule has 2 aromatic rings. The van der Waals surface area contributed by atoms with Crippen LogP contribution in [0.5, 0.6) is 0 Å². The van der Waals surface area contributed by atoms with E-state index in [4.69, 9.17) is 5.73 Å². The van der Waals surface area contributed by atoms with Crippen molar-refractivity contribution in [3.63, 3.8) is 0 Å². The van der Waals surface area contributed by atoms with Crippen LogP contribution >= 0.6 is 0 Å². The summed E-state index contributed by atoms with van der Waals surface area (Å²) in [6, 6.07) is 3.67. The number of pyridine rings is 1. The van der Waals surface area contributed by atoms with E-state index in [2.05, 4.69) is 9.97 Å². The zero-order valence-corrected chi connectivity index (χ0v) is 7.98. The maximum absolute atomic E-state index is 11.0. The Kier molecular flexibility index (Phi) is 1.73. The summed E-state index contributed by atoms with van der Waals surface area (Å²) >= 11 is 0. The van der Waals surface area contributed by atoms with E-state index in [0.29, 0.717) is 11.2 Å². The van der Waals surface area contributed by atoms with Gasteiger partial charge in [0, 0.05) is 12.7 Å². The number of rotatable bonds is 1. The predicted molar refractivity (Wildman–Crippen MR) is 51.8 cm³/mol. The largest absolute Gasteiger partial charge is 0.363 e. The van der Waals surface area contributed by atoms with Crippen LogP contribution in [0, 0.1) is 6.92 Å². The highest BCUT2D eigenvalue weighted by molar-refractivity contribution is 5.92. The molecule has 5 heteroatoms. The first-order valence-electron chi connectivity index (χ1n) is 4.19. The average Bonchev–Trinajstić information content (AvgIpc) is 2.44. The molecule has 0 bridgehead atoms. The Hall–Kier alpha value is -1.91. The molecule has 14 heavy (non-hydrogen) atoms. The van der Waals surface area contributed by atoms with E-state index < -0.39 is 5.91 Å². The Morgan fingerprint density at radius 2 is 2.14 bits per heavy atom. The highest BCUT2D eigenvalue weighted by Gasteiger charge is 2.12. The molecule has 0 atom stereocenters. The van der Waals surface area contributed by atoms with Crippen molar-refractivity contribution in [2.45, 2.75) is 6.92 Å². The molecule has 0 unspecified atom stereocenters. The van der Waals surface area contributed by atoms with Crippen LogP contribution < -0.4 is 5.73 Å². The second-order valence-electron chi connectivity index (χ2n) is 3.15. The standard InChI is InChI=1S/C9H10N4O/c1-5-3-4-6-8(11-5)13(2)9(12-6)7(10)14/h3-4H,1-2H3,(H2,10,14). The van der Waals surface area contributed by atoms with Crippen molar-refractivity contribution in [2.75, 3.05) is 0 Å². The molecule has 0 spiro atoms. The van der Waals surface area contributed by atoms with E-state index in [1.165, 1.54) is 0 Å². The van der Waals surface area contributed by atoms with Crippen LogP contribution in [0.2, 0.25) is 0 Å². The molecule has 1 amide bonds. The van der Waals surface area contributed by atoms with Gasteiger partial charge in [-0.15, -0.1) is 0 Å². The van der Waals surface area contributed by atoms with E-state index in [1.54, 1.807) is 11.6 Å². The summed E-state index contributed by atoms with van der Waals surface area (Å²) in [5.41, 5.74) is 7.42. The topological polar surface area (TPSA) is 73.8 Å². The summed E-state index contributed by atoms with van der Waals surface area (Å²) in [6.07, 6.45) is 0. The smallest absolute Gasteiger partial charge is 0.284 e. The number of nitrogens with two attached hydrogens (primary N) is 1. The third kappa shape index (κ3) is 1.14. The Labute approximate surface area is 80.6 Å². The van der Waals surface area contributed by atoms with Crippen LogP contribution in [-0.2, 0) is 7.05 Å². The molecule has 5 nitrogen and oxygen atoms in total. The van der Waals surface area contributed by atoms with Crippen molar-refractivity contribution in [1.82, 2.24) is 14.5 Å². The Morgan fingerprint density at radius 3 is 2.79 bits per heavy atom. The van der Waals surface area contributed by atoms with Gasteiger partial charge in [0.2, 0.25) is 5.82 Å². The predicted octanol–water partition coefficient (Wildman–Crippen LogP) is 0.376. The highest BCUT2D eigenvalue weighted by atomic mass is 16.1. The number of primary amides is 1. The number of hydrogen-bond acceptors (Lipinski definition) is 3. The molecule has 0 saturated heterocycles. The summed E-state index contributed by atoms with van der Waals surface area (Å²) in [5, 5.41) is 0. The molecule has 0 aliphatic heterocycles. The van der Waals surface area contributed by atoms with E-state index in [-0.39, 0.29) is 5.82 Å². The van der Waals surface area contributed by atoms with E-state index >= 15 is 0 Å². The lowest BCUT2D eigenvalue weighted by molar-refractivity contribution is 0.0988. The first-order valence-corrected chi connectivity index (χ1v) is 4.19. The molecule has 2 rings (SSSR count). The molecule has 2 aromatic heterocycles. The number of aryl methyl sites for hydroxylation is 2. The van der Waals surface area contributed by atoms with Crippen LogP contribution in [0.1, 0.15) is 16.3 Å². The normalized spacial score (nSPS) is 10.7. The second-order valence-corrected chi connectivity index (χ2v) is 3.15. The minimum atomic E-state index is -0.539. The van der Waals surface area contributed by atoms with E-state index in [1.807, 2.05) is 19.1 Å². The number of fused-ring (bicyclic) bond motifs is 1. The average molecular weight is 190 g/mol. The van der Waals surface area contributed by atoms with Gasteiger partial charge in [-0.1, -0.05) is 0 Å². The third-order valence-corrected chi connectivity index (χ3v) is 2.08. The molecule has 0 saturated carbocycles. The van der Waals surface area contributed by atoms with Crippen molar-refractivity contribution in [3.05, 3.63) is 23.7 Å². The molecule has 2 N–H and O–H groups in total. The molecule has 72 valence electrons. The van der Waals surface area contributed by atoms with E-state index in [0.717, 1.165) is 5.69 Å². The van der Waals surface area contributed by atoms with E-state index in [9.17, 15) is 4.79 Å². The Balaban J connectivity index is 2.80. The number of imidazole rings is 1. The summed E-state index contributed by atoms with van der Waals surface area (Å²) in [7, 11) is 1.72. The van der Waals surface area contributed by atoms with Gasteiger partial charge in [-0.2, -0.15) is 0 Å². The minimum Gasteiger partial charge on any atom is -0.363 e. The highest BCUT2D eigenvalue weighted by Crippen LogP contribution is 2.12. The fourth-order valence-corrected chi connectivity index (χ4v) is 1.38. The summed E-state index contributed by atoms with van der Waals surface area (Å²) in [5.74, 6) is -0.304. The third-order valence-electron chi connectivity index (χ3n) is 2.08. The van der Waals surface area contributed by atoms with Crippen LogP contribution in [0.3, 0.4) is 0 Å². The molecule has 0 radical (unpaired) electrons. The minimum absolute atomic E-state index is 0.234. The lowest BCUT2D eigenvalue weighted by atomic mass is 10.3. The lowest BCUT2D eigenvalue weighted by Gasteiger charge is -1.96. The van der Waals surface area contributed by atoms with Crippen molar-refractivity contribution < 1.29 is 4.79 Å². The quantitative estimate of drug-likeness (QED) is 0.706. The zero-order valence-electron chi connectivity index (χ0n) is 7.98. The monoisotopic (exact) mass is 190 g/mol. The van der Waals surface area contributed by atoms with Crippen LogP contribution in [0.25, 0.3) is 11.2 Å². The van der Waals surface area contributed by atoms with Crippen molar-refractivity contribution in [1.29, 1.82) is 0 Å². The lowest BCUT2D eigenvalue weighted by Crippen LogP contribution is -2.16. The van der Waals surface area contributed by atoms with Crippen LogP contribution in [-0.4, -0.2) is 20.4 Å². The number of carbonyl (C=O) groups is 1. The molecular weight excluding hydrogens is 180 g/mol. The number of amides is 1. The molecule has 2 heterocycles. The van der Waals surface area contributed by atoms with Gasteiger partial charge in [0.25, 0.3) is 5.91 Å². The SMILES string of the molecule is Cc1ccc2nc(C(N)=O)n(C)c2n1. The van der Waals surface area contributed by atoms with Gasteiger partial charge in [-0.25, -0.2) is 9.97 Å². The first kappa shape index (κ1) is 8.68. The molecule has 0 fully saturated rings. The Morgan fingerprint density at radius 1 is 1.43 bits per heavy atom. The van der Waals surface area contributed by atoms with Gasteiger partial charge in [-0.3, -0.25) is 4.79 Å². The van der Waals surface area contributed by atoms with Gasteiger partial charge in [0.15, 0.2) is 5.65 Å². The molecule has 0 aliphatic carbocycles. The number of aromatic nitrogens is 3. The fourth-order valence-electron chi connectivity index (χ4n) is 1.38. The van der Waals surface area contributed by atoms with Crippen LogP contribution in [0.15, 0.2) is 12.1 Å². The summed E-state index contributed by atoms with van der Waals surface area (Å²) in [6.45, 7) is 1.89. The number of nitrogens with zero attached hydrogens (tertiary/aromatic N) is 3. The molecule has 0 aliphatic rings. The van der Waals surface area contributed by atoms with Gasteiger partial charge in [0.1, 0.15) is 5.52 Å². The zero-order chi connectivity index (χ0) is 10.3. The van der Waals surface area contributed by atoms with Crippen molar-refractivity contribution in [3.8, 4) is 0 Å². The van der Waals surface area contributed by atoms with Gasteiger partial charge in [0.05, 0.1) is 0 Å². The van der Waals surface area contributed by atoms with Crippen LogP contribution in [0.4, 0.5) is 0 Å². The first-order chi connectivity index (χ1) is 6.59. The fraction of sp³-hybridized carbons (Fsp3) is 0.222. The van der Waals surface area contributed by atoms with Gasteiger partial charge < -0.3 is 10.3 Å².